The van der Waals surface area contributed by atoms with Crippen molar-refractivity contribution in [1.29, 1.82) is 0 Å². The van der Waals surface area contributed by atoms with E-state index < -0.39 is 5.60 Å². The van der Waals surface area contributed by atoms with Crippen LogP contribution in [0, 0.1) is 11.8 Å². The molecule has 0 radical (unpaired) electrons. The van der Waals surface area contributed by atoms with Crippen molar-refractivity contribution >= 4 is 5.78 Å². The lowest BCUT2D eigenvalue weighted by Gasteiger charge is -2.32. The maximum Gasteiger partial charge on any atom is 0.165 e. The van der Waals surface area contributed by atoms with Gasteiger partial charge in [-0.1, -0.05) is 24.3 Å². The molecule has 2 aliphatic carbocycles. The van der Waals surface area contributed by atoms with E-state index in [-0.39, 0.29) is 17.6 Å². The minimum Gasteiger partial charge on any atom is -0.381 e. The van der Waals surface area contributed by atoms with E-state index in [1.807, 2.05) is 13.0 Å². The van der Waals surface area contributed by atoms with Crippen LogP contribution in [0.2, 0.25) is 0 Å². The largest absolute Gasteiger partial charge is 0.381 e. The van der Waals surface area contributed by atoms with Crippen LogP contribution < -0.4 is 0 Å². The van der Waals surface area contributed by atoms with Gasteiger partial charge in [-0.25, -0.2) is 0 Å². The second-order valence-corrected chi connectivity index (χ2v) is 4.52. The highest BCUT2D eigenvalue weighted by Gasteiger charge is 2.53. The van der Waals surface area contributed by atoms with E-state index in [0.29, 0.717) is 12.8 Å². The molecule has 1 N–H and O–H groups in total. The lowest BCUT2D eigenvalue weighted by molar-refractivity contribution is -0.136. The third-order valence-corrected chi connectivity index (χ3v) is 3.61. The summed E-state index contributed by atoms with van der Waals surface area (Å²) in [6, 6.07) is 0. The Morgan fingerprint density at radius 1 is 1.64 bits per heavy atom. The smallest absolute Gasteiger partial charge is 0.165 e. The molecule has 14 heavy (non-hydrogen) atoms. The molecule has 0 aromatic carbocycles. The van der Waals surface area contributed by atoms with Gasteiger partial charge in [0.1, 0.15) is 5.60 Å². The van der Waals surface area contributed by atoms with Crippen LogP contribution in [0.1, 0.15) is 26.2 Å². The summed E-state index contributed by atoms with van der Waals surface area (Å²) in [7, 11) is 0. The van der Waals surface area contributed by atoms with Gasteiger partial charge in [-0.05, 0) is 19.3 Å². The number of aliphatic hydroxyl groups is 1. The van der Waals surface area contributed by atoms with Gasteiger partial charge in [-0.2, -0.15) is 0 Å². The zero-order valence-electron chi connectivity index (χ0n) is 8.49. The Bertz CT molecular complexity index is 316. The quantitative estimate of drug-likeness (QED) is 0.644. The SMILES string of the molecule is C=C(C)[C@@H]1CC(=O)[C@@]2(O)CC=CC[C@H]12. The first-order chi connectivity index (χ1) is 6.55. The number of hydrogen-bond donors (Lipinski definition) is 1. The average molecular weight is 192 g/mol. The standard InChI is InChI=1S/C12H16O2/c1-8(2)9-7-11(13)12(14)6-4-3-5-10(9)12/h3-4,9-10,14H,1,5-7H2,2H3/t9-,10+,12+/m0/s1. The number of Topliss-reactive ketones (excluding diaryl/α,β-unsaturated/α-hetero) is 1. The highest BCUT2D eigenvalue weighted by molar-refractivity contribution is 5.91. The molecule has 0 bridgehead atoms. The third kappa shape index (κ3) is 1.17. The fourth-order valence-electron chi connectivity index (χ4n) is 2.71. The first-order valence-corrected chi connectivity index (χ1v) is 5.12. The minimum atomic E-state index is -1.08. The molecule has 2 rings (SSSR count). The molecule has 0 unspecified atom stereocenters. The highest BCUT2D eigenvalue weighted by Crippen LogP contribution is 2.46. The summed E-state index contributed by atoms with van der Waals surface area (Å²) in [6.45, 7) is 5.85. The number of rotatable bonds is 1. The van der Waals surface area contributed by atoms with Crippen molar-refractivity contribution in [3.8, 4) is 0 Å². The molecular formula is C12H16O2. The summed E-state index contributed by atoms with van der Waals surface area (Å²) in [5.41, 5.74) is -0.0622. The highest BCUT2D eigenvalue weighted by atomic mass is 16.3. The Kier molecular flexibility index (Phi) is 2.11. The van der Waals surface area contributed by atoms with Crippen molar-refractivity contribution < 1.29 is 9.90 Å². The van der Waals surface area contributed by atoms with Gasteiger partial charge in [-0.15, -0.1) is 0 Å². The molecule has 3 atom stereocenters. The Labute approximate surface area is 84.3 Å². The number of ketones is 1. The fraction of sp³-hybridized carbons (Fsp3) is 0.583. The predicted molar refractivity (Wildman–Crippen MR) is 54.7 cm³/mol. The second-order valence-electron chi connectivity index (χ2n) is 4.52. The van der Waals surface area contributed by atoms with Gasteiger partial charge in [0.15, 0.2) is 5.78 Å². The van der Waals surface area contributed by atoms with Crippen molar-refractivity contribution in [3.63, 3.8) is 0 Å². The Morgan fingerprint density at radius 2 is 2.36 bits per heavy atom. The molecule has 0 spiro atoms. The molecule has 1 saturated carbocycles. The first-order valence-electron chi connectivity index (χ1n) is 5.12. The van der Waals surface area contributed by atoms with Crippen LogP contribution in [-0.4, -0.2) is 16.5 Å². The molecule has 0 aromatic heterocycles. The van der Waals surface area contributed by atoms with E-state index in [1.165, 1.54) is 0 Å². The van der Waals surface area contributed by atoms with E-state index in [0.717, 1.165) is 12.0 Å². The van der Waals surface area contributed by atoms with Crippen LogP contribution in [-0.2, 0) is 4.79 Å². The van der Waals surface area contributed by atoms with Crippen LogP contribution in [0.15, 0.2) is 24.3 Å². The Balaban J connectivity index is 2.35. The van der Waals surface area contributed by atoms with Gasteiger partial charge in [0, 0.05) is 18.8 Å². The average Bonchev–Trinajstić information content (AvgIpc) is 2.40. The lowest BCUT2D eigenvalue weighted by Crippen LogP contribution is -2.42. The summed E-state index contributed by atoms with van der Waals surface area (Å²) >= 11 is 0. The summed E-state index contributed by atoms with van der Waals surface area (Å²) < 4.78 is 0. The summed E-state index contributed by atoms with van der Waals surface area (Å²) in [4.78, 5) is 11.7. The molecule has 2 nitrogen and oxygen atoms in total. The van der Waals surface area contributed by atoms with Crippen LogP contribution in [0.5, 0.6) is 0 Å². The number of carbonyl (C=O) groups excluding carboxylic acids is 1. The molecule has 76 valence electrons. The van der Waals surface area contributed by atoms with E-state index in [9.17, 15) is 9.90 Å². The maximum absolute atomic E-state index is 11.7. The number of hydrogen-bond acceptors (Lipinski definition) is 2. The molecule has 0 amide bonds. The van der Waals surface area contributed by atoms with Crippen molar-refractivity contribution in [3.05, 3.63) is 24.3 Å². The van der Waals surface area contributed by atoms with Gasteiger partial charge in [0.05, 0.1) is 0 Å². The molecule has 0 aliphatic heterocycles. The van der Waals surface area contributed by atoms with Crippen molar-refractivity contribution in [2.45, 2.75) is 31.8 Å². The monoisotopic (exact) mass is 192 g/mol. The van der Waals surface area contributed by atoms with Crippen LogP contribution in [0.25, 0.3) is 0 Å². The van der Waals surface area contributed by atoms with Gasteiger partial charge in [-0.3, -0.25) is 4.79 Å². The third-order valence-electron chi connectivity index (χ3n) is 3.61. The predicted octanol–water partition coefficient (Wildman–Crippen LogP) is 1.85. The van der Waals surface area contributed by atoms with E-state index in [2.05, 4.69) is 12.7 Å². The molecule has 0 aromatic rings. The number of fused-ring (bicyclic) bond motifs is 1. The van der Waals surface area contributed by atoms with Gasteiger partial charge in [0.2, 0.25) is 0 Å². The van der Waals surface area contributed by atoms with Crippen molar-refractivity contribution in [1.82, 2.24) is 0 Å². The number of allylic oxidation sites excluding steroid dienone is 2. The zero-order chi connectivity index (χ0) is 10.3. The number of carbonyl (C=O) groups is 1. The normalized spacial score (nSPS) is 41.1. The summed E-state index contributed by atoms with van der Waals surface area (Å²) in [5.74, 6) is 0.245. The lowest BCUT2D eigenvalue weighted by atomic mass is 9.76. The molecule has 0 saturated heterocycles. The molecule has 2 heteroatoms. The van der Waals surface area contributed by atoms with Crippen molar-refractivity contribution in [2.24, 2.45) is 11.8 Å². The van der Waals surface area contributed by atoms with Gasteiger partial charge >= 0.3 is 0 Å². The molecule has 2 aliphatic rings. The van der Waals surface area contributed by atoms with Crippen molar-refractivity contribution in [2.75, 3.05) is 0 Å². The molecule has 1 fully saturated rings. The Morgan fingerprint density at radius 3 is 3.00 bits per heavy atom. The van der Waals surface area contributed by atoms with E-state index >= 15 is 0 Å². The van der Waals surface area contributed by atoms with Gasteiger partial charge < -0.3 is 5.11 Å². The van der Waals surface area contributed by atoms with Crippen LogP contribution >= 0.6 is 0 Å². The van der Waals surface area contributed by atoms with Gasteiger partial charge in [0.25, 0.3) is 0 Å². The Hall–Kier alpha value is -0.890. The van der Waals surface area contributed by atoms with E-state index in [4.69, 9.17) is 0 Å². The minimum absolute atomic E-state index is 0.000139. The molecular weight excluding hydrogens is 176 g/mol. The maximum atomic E-state index is 11.7. The van der Waals surface area contributed by atoms with Crippen LogP contribution in [0.3, 0.4) is 0 Å². The topological polar surface area (TPSA) is 37.3 Å². The van der Waals surface area contributed by atoms with E-state index in [1.54, 1.807) is 0 Å². The summed E-state index contributed by atoms with van der Waals surface area (Å²) in [5, 5.41) is 10.3. The fourth-order valence-corrected chi connectivity index (χ4v) is 2.71. The second kappa shape index (κ2) is 3.06. The first kappa shape index (κ1) is 9.66. The summed E-state index contributed by atoms with van der Waals surface area (Å²) in [6.07, 6.45) is 5.74. The van der Waals surface area contributed by atoms with Crippen LogP contribution in [0.4, 0.5) is 0 Å². The molecule has 0 heterocycles. The zero-order valence-corrected chi connectivity index (χ0v) is 8.49.